The maximum atomic E-state index is 12.1. The monoisotopic (exact) mass is 514 g/mol. The van der Waals surface area contributed by atoms with Gasteiger partial charge in [0.25, 0.3) is 0 Å². The van der Waals surface area contributed by atoms with Gasteiger partial charge >= 0.3 is 5.97 Å². The van der Waals surface area contributed by atoms with Crippen molar-refractivity contribution in [1.82, 2.24) is 0 Å². The van der Waals surface area contributed by atoms with Crippen LogP contribution in [0.4, 0.5) is 0 Å². The quantitative estimate of drug-likeness (QED) is 0.198. The lowest BCUT2D eigenvalue weighted by molar-refractivity contribution is -0.156. The highest BCUT2D eigenvalue weighted by molar-refractivity contribution is 5.77. The van der Waals surface area contributed by atoms with E-state index in [0.29, 0.717) is 32.8 Å². The minimum absolute atomic E-state index is 0.162. The van der Waals surface area contributed by atoms with Crippen molar-refractivity contribution in [1.29, 1.82) is 0 Å². The van der Waals surface area contributed by atoms with Gasteiger partial charge in [-0.25, -0.2) is 4.79 Å². The van der Waals surface area contributed by atoms with Crippen molar-refractivity contribution in [2.75, 3.05) is 26.4 Å². The largest absolute Gasteiger partial charge is 0.491 e. The van der Waals surface area contributed by atoms with Crippen LogP contribution in [0.15, 0.2) is 60.7 Å². The maximum Gasteiger partial charge on any atom is 0.335 e. The lowest BCUT2D eigenvalue weighted by Gasteiger charge is -2.22. The van der Waals surface area contributed by atoms with Gasteiger partial charge in [0.2, 0.25) is 0 Å². The number of carbonyl (C=O) groups is 1. The van der Waals surface area contributed by atoms with E-state index in [0.717, 1.165) is 17.7 Å². The van der Waals surface area contributed by atoms with Crippen LogP contribution in [0.1, 0.15) is 65.8 Å². The summed E-state index contributed by atoms with van der Waals surface area (Å²) in [6.07, 6.45) is 5.08. The molecule has 0 N–H and O–H groups in total. The number of fused-ring (bicyclic) bond motifs is 2. The Balaban J connectivity index is 1.39. The van der Waals surface area contributed by atoms with Crippen molar-refractivity contribution in [2.45, 2.75) is 52.7 Å². The van der Waals surface area contributed by atoms with Crippen molar-refractivity contribution in [3.8, 4) is 5.75 Å². The highest BCUT2D eigenvalue weighted by atomic mass is 16.6. The lowest BCUT2D eigenvalue weighted by Crippen LogP contribution is -2.28. The Morgan fingerprint density at radius 1 is 0.816 bits per heavy atom. The van der Waals surface area contributed by atoms with E-state index in [1.54, 1.807) is 6.92 Å². The van der Waals surface area contributed by atoms with Gasteiger partial charge in [-0.1, -0.05) is 73.2 Å². The Morgan fingerprint density at radius 2 is 1.58 bits per heavy atom. The first-order chi connectivity index (χ1) is 18.5. The standard InChI is InChI=1S/C33H38O5/c1-5-24-11-17-29-27(21-24)14-13-26-12-8-23(4)20-30(26)32(29)38-19-18-37-28-15-9-25(10-16-28)22-31(35-6-2)33(34)36-7-3/h8-17,20-21,31-32H,5-7,18-19,22H2,1-4H3. The smallest absolute Gasteiger partial charge is 0.335 e. The average molecular weight is 515 g/mol. The number of hydrogen-bond donors (Lipinski definition) is 0. The van der Waals surface area contributed by atoms with Gasteiger partial charge in [-0.2, -0.15) is 0 Å². The van der Waals surface area contributed by atoms with Crippen LogP contribution in [0.25, 0.3) is 12.2 Å². The fourth-order valence-corrected chi connectivity index (χ4v) is 4.73. The fourth-order valence-electron chi connectivity index (χ4n) is 4.73. The van der Waals surface area contributed by atoms with Gasteiger partial charge in [0.05, 0.1) is 13.2 Å². The molecule has 1 aliphatic carbocycles. The Hall–Kier alpha value is -3.41. The molecule has 0 aliphatic heterocycles. The molecule has 1 aliphatic rings. The second-order valence-corrected chi connectivity index (χ2v) is 9.43. The van der Waals surface area contributed by atoms with Crippen LogP contribution >= 0.6 is 0 Å². The zero-order valence-electron chi connectivity index (χ0n) is 22.9. The molecule has 0 bridgehead atoms. The van der Waals surface area contributed by atoms with Crippen LogP contribution in [0, 0.1) is 6.92 Å². The summed E-state index contributed by atoms with van der Waals surface area (Å²) in [4.78, 5) is 12.1. The second kappa shape index (κ2) is 13.4. The summed E-state index contributed by atoms with van der Waals surface area (Å²) in [6.45, 7) is 9.63. The second-order valence-electron chi connectivity index (χ2n) is 9.43. The van der Waals surface area contributed by atoms with Gasteiger partial charge in [0, 0.05) is 13.0 Å². The highest BCUT2D eigenvalue weighted by Crippen LogP contribution is 2.36. The van der Waals surface area contributed by atoms with Crippen molar-refractivity contribution < 1.29 is 23.7 Å². The number of aryl methyl sites for hydroxylation is 2. The van der Waals surface area contributed by atoms with E-state index >= 15 is 0 Å². The van der Waals surface area contributed by atoms with Gasteiger partial charge in [-0.15, -0.1) is 0 Å². The molecule has 38 heavy (non-hydrogen) atoms. The first-order valence-corrected chi connectivity index (χ1v) is 13.5. The molecule has 2 atom stereocenters. The average Bonchev–Trinajstić information content (AvgIpc) is 3.07. The topological polar surface area (TPSA) is 54.0 Å². The summed E-state index contributed by atoms with van der Waals surface area (Å²) in [5, 5.41) is 0. The van der Waals surface area contributed by atoms with Crippen LogP contribution in [-0.2, 0) is 31.8 Å². The molecule has 5 heteroatoms. The molecule has 0 saturated heterocycles. The fraction of sp³-hybridized carbons (Fsp3) is 0.364. The Kier molecular flexibility index (Phi) is 9.74. The third kappa shape index (κ3) is 6.91. The predicted molar refractivity (Wildman–Crippen MR) is 151 cm³/mol. The zero-order valence-corrected chi connectivity index (χ0v) is 22.9. The van der Waals surface area contributed by atoms with E-state index in [1.807, 2.05) is 31.2 Å². The van der Waals surface area contributed by atoms with E-state index < -0.39 is 6.10 Å². The Labute approximate surface area is 226 Å². The molecule has 0 heterocycles. The van der Waals surface area contributed by atoms with Gasteiger partial charge in [0.15, 0.2) is 6.10 Å². The van der Waals surface area contributed by atoms with Gasteiger partial charge in [-0.05, 0) is 72.7 Å². The molecule has 0 saturated carbocycles. The van der Waals surface area contributed by atoms with E-state index in [9.17, 15) is 4.79 Å². The molecule has 5 nitrogen and oxygen atoms in total. The summed E-state index contributed by atoms with van der Waals surface area (Å²) in [5.74, 6) is 0.429. The summed E-state index contributed by atoms with van der Waals surface area (Å²) >= 11 is 0. The molecule has 0 spiro atoms. The van der Waals surface area contributed by atoms with Crippen LogP contribution in [0.5, 0.6) is 5.75 Å². The molecule has 200 valence electrons. The summed E-state index contributed by atoms with van der Waals surface area (Å²) in [5.41, 5.74) is 8.26. The molecule has 4 rings (SSSR count). The number of ether oxygens (including phenoxy) is 4. The van der Waals surface area contributed by atoms with E-state index in [4.69, 9.17) is 18.9 Å². The first-order valence-electron chi connectivity index (χ1n) is 13.5. The van der Waals surface area contributed by atoms with Crippen LogP contribution in [-0.4, -0.2) is 38.5 Å². The van der Waals surface area contributed by atoms with Crippen LogP contribution in [0.2, 0.25) is 0 Å². The first kappa shape index (κ1) is 27.6. The van der Waals surface area contributed by atoms with Crippen molar-refractivity contribution in [3.63, 3.8) is 0 Å². The normalized spacial score (nSPS) is 14.8. The van der Waals surface area contributed by atoms with Crippen molar-refractivity contribution in [3.05, 3.63) is 99.6 Å². The molecule has 0 fully saturated rings. The summed E-state index contributed by atoms with van der Waals surface area (Å²) in [6, 6.07) is 20.9. The number of carbonyl (C=O) groups excluding carboxylic acids is 1. The number of rotatable bonds is 12. The van der Waals surface area contributed by atoms with E-state index in [2.05, 4.69) is 62.4 Å². The minimum atomic E-state index is -0.600. The summed E-state index contributed by atoms with van der Waals surface area (Å²) in [7, 11) is 0. The molecule has 0 radical (unpaired) electrons. The molecular weight excluding hydrogens is 476 g/mol. The molecule has 3 aromatic rings. The van der Waals surface area contributed by atoms with E-state index in [1.165, 1.54) is 33.4 Å². The minimum Gasteiger partial charge on any atom is -0.491 e. The highest BCUT2D eigenvalue weighted by Gasteiger charge is 2.23. The van der Waals surface area contributed by atoms with Gasteiger partial charge < -0.3 is 18.9 Å². The summed E-state index contributed by atoms with van der Waals surface area (Å²) < 4.78 is 23.2. The molecule has 0 amide bonds. The number of benzene rings is 3. The Bertz CT molecular complexity index is 1240. The van der Waals surface area contributed by atoms with Crippen molar-refractivity contribution >= 4 is 18.1 Å². The number of hydrogen-bond acceptors (Lipinski definition) is 5. The molecule has 3 aromatic carbocycles. The van der Waals surface area contributed by atoms with Crippen LogP contribution < -0.4 is 4.74 Å². The predicted octanol–water partition coefficient (Wildman–Crippen LogP) is 6.74. The molecule has 0 aromatic heterocycles. The van der Waals surface area contributed by atoms with Crippen LogP contribution in [0.3, 0.4) is 0 Å². The third-order valence-electron chi connectivity index (χ3n) is 6.71. The number of esters is 1. The maximum absolute atomic E-state index is 12.1. The van der Waals surface area contributed by atoms with E-state index in [-0.39, 0.29) is 12.1 Å². The van der Waals surface area contributed by atoms with Gasteiger partial charge in [0.1, 0.15) is 18.5 Å². The lowest BCUT2D eigenvalue weighted by atomic mass is 9.94. The SMILES string of the molecule is CCOC(=O)C(Cc1ccc(OCCOC2c3ccc(CC)cc3C=Cc3ccc(C)cc32)cc1)OCC. The molecular formula is C33H38O5. The Morgan fingerprint density at radius 3 is 2.32 bits per heavy atom. The van der Waals surface area contributed by atoms with Crippen molar-refractivity contribution in [2.24, 2.45) is 0 Å². The zero-order chi connectivity index (χ0) is 26.9. The van der Waals surface area contributed by atoms with Gasteiger partial charge in [-0.3, -0.25) is 0 Å². The molecule has 2 unspecified atom stereocenters. The third-order valence-corrected chi connectivity index (χ3v) is 6.71.